The number of hydrogen-bond acceptors (Lipinski definition) is 5. The topological polar surface area (TPSA) is 96.2 Å². The fourth-order valence-corrected chi connectivity index (χ4v) is 5.71. The number of rotatable bonds is 7. The van der Waals surface area contributed by atoms with E-state index in [9.17, 15) is 27.6 Å². The second-order valence-corrected chi connectivity index (χ2v) is 11.0. The molecule has 0 fully saturated rings. The minimum absolute atomic E-state index is 0.107. The van der Waals surface area contributed by atoms with Crippen molar-refractivity contribution in [1.29, 1.82) is 0 Å². The molecule has 5 rings (SSSR count). The monoisotopic (exact) mass is 594 g/mol. The number of carbonyl (C=O) groups excluding carboxylic acids is 3. The van der Waals surface area contributed by atoms with E-state index in [1.807, 2.05) is 19.1 Å². The SMILES string of the molecule is COc1cc2c(cc1C)CN(C(=O)CN1C(=O)CN(C(=O)C[C@H](N)Cc3cc(F)c(F)cc3F)Cc3ccccc31)CC2. The molecule has 2 aliphatic heterocycles. The van der Waals surface area contributed by atoms with Gasteiger partial charge in [-0.15, -0.1) is 0 Å². The molecule has 3 aromatic rings. The van der Waals surface area contributed by atoms with Crippen molar-refractivity contribution < 1.29 is 32.3 Å². The first-order chi connectivity index (χ1) is 20.5. The van der Waals surface area contributed by atoms with E-state index in [0.29, 0.717) is 36.8 Å². The highest BCUT2D eigenvalue weighted by atomic mass is 19.2. The first-order valence-corrected chi connectivity index (χ1v) is 14.0. The van der Waals surface area contributed by atoms with Gasteiger partial charge in [-0.05, 0) is 65.8 Å². The van der Waals surface area contributed by atoms with Crippen molar-refractivity contribution in [3.63, 3.8) is 0 Å². The van der Waals surface area contributed by atoms with Crippen molar-refractivity contribution in [1.82, 2.24) is 9.80 Å². The van der Waals surface area contributed by atoms with Crippen molar-refractivity contribution in [3.8, 4) is 5.75 Å². The number of aryl methyl sites for hydroxylation is 1. The van der Waals surface area contributed by atoms with Gasteiger partial charge in [-0.1, -0.05) is 24.3 Å². The molecule has 11 heteroatoms. The third-order valence-corrected chi connectivity index (χ3v) is 8.01. The highest BCUT2D eigenvalue weighted by Crippen LogP contribution is 2.29. The van der Waals surface area contributed by atoms with Gasteiger partial charge in [0.1, 0.15) is 24.7 Å². The van der Waals surface area contributed by atoms with Crippen molar-refractivity contribution >= 4 is 23.4 Å². The van der Waals surface area contributed by atoms with Crippen LogP contribution in [0.3, 0.4) is 0 Å². The van der Waals surface area contributed by atoms with Crippen LogP contribution in [0.5, 0.6) is 5.75 Å². The van der Waals surface area contributed by atoms with Gasteiger partial charge >= 0.3 is 0 Å². The van der Waals surface area contributed by atoms with E-state index < -0.39 is 35.3 Å². The maximum atomic E-state index is 14.1. The van der Waals surface area contributed by atoms with E-state index in [1.54, 1.807) is 36.3 Å². The molecule has 0 unspecified atom stereocenters. The van der Waals surface area contributed by atoms with Crippen LogP contribution >= 0.6 is 0 Å². The van der Waals surface area contributed by atoms with Crippen LogP contribution in [0, 0.1) is 24.4 Å². The Hall–Kier alpha value is -4.38. The molecule has 3 aromatic carbocycles. The summed E-state index contributed by atoms with van der Waals surface area (Å²) in [7, 11) is 1.63. The predicted octanol–water partition coefficient (Wildman–Crippen LogP) is 3.64. The number of halogens is 3. The molecule has 43 heavy (non-hydrogen) atoms. The Bertz CT molecular complexity index is 1580. The largest absolute Gasteiger partial charge is 0.496 e. The molecule has 0 spiro atoms. The molecule has 0 aliphatic carbocycles. The quantitative estimate of drug-likeness (QED) is 0.422. The second kappa shape index (κ2) is 12.5. The van der Waals surface area contributed by atoms with E-state index in [1.165, 1.54) is 9.80 Å². The van der Waals surface area contributed by atoms with Crippen molar-refractivity contribution in [2.75, 3.05) is 31.6 Å². The van der Waals surface area contributed by atoms with E-state index in [4.69, 9.17) is 10.5 Å². The molecule has 0 bridgehead atoms. The van der Waals surface area contributed by atoms with Crippen LogP contribution in [0.4, 0.5) is 18.9 Å². The Kier molecular flexibility index (Phi) is 8.72. The Morgan fingerprint density at radius 1 is 0.907 bits per heavy atom. The van der Waals surface area contributed by atoms with Gasteiger partial charge in [0.15, 0.2) is 11.6 Å². The van der Waals surface area contributed by atoms with Gasteiger partial charge in [-0.2, -0.15) is 0 Å². The first kappa shape index (κ1) is 30.1. The van der Waals surface area contributed by atoms with Crippen molar-refractivity contribution in [2.45, 2.75) is 45.3 Å². The summed E-state index contributed by atoms with van der Waals surface area (Å²) in [6, 6.07) is 11.4. The number of methoxy groups -OCH3 is 1. The summed E-state index contributed by atoms with van der Waals surface area (Å²) in [5.74, 6) is -3.75. The normalized spacial score (nSPS) is 15.5. The van der Waals surface area contributed by atoms with E-state index >= 15 is 0 Å². The zero-order valence-electron chi connectivity index (χ0n) is 24.0. The molecule has 0 saturated carbocycles. The van der Waals surface area contributed by atoms with Crippen LogP contribution in [0.1, 0.15) is 34.2 Å². The smallest absolute Gasteiger partial charge is 0.247 e. The zero-order valence-corrected chi connectivity index (χ0v) is 24.0. The Morgan fingerprint density at radius 2 is 1.63 bits per heavy atom. The summed E-state index contributed by atoms with van der Waals surface area (Å²) in [5, 5.41) is 0. The van der Waals surface area contributed by atoms with Crippen LogP contribution in [-0.2, 0) is 40.3 Å². The Labute approximate surface area is 247 Å². The van der Waals surface area contributed by atoms with Crippen LogP contribution < -0.4 is 15.4 Å². The number of nitrogens with zero attached hydrogens (tertiary/aromatic N) is 3. The predicted molar refractivity (Wildman–Crippen MR) is 154 cm³/mol. The van der Waals surface area contributed by atoms with E-state index in [-0.39, 0.29) is 43.9 Å². The zero-order chi connectivity index (χ0) is 30.8. The Balaban J connectivity index is 1.28. The lowest BCUT2D eigenvalue weighted by atomic mass is 9.97. The maximum absolute atomic E-state index is 14.1. The summed E-state index contributed by atoms with van der Waals surface area (Å²) < 4.78 is 46.4. The van der Waals surface area contributed by atoms with Crippen LogP contribution in [0.15, 0.2) is 48.5 Å². The molecule has 0 radical (unpaired) electrons. The molecular weight excluding hydrogens is 561 g/mol. The number of ether oxygens (including phenoxy) is 1. The van der Waals surface area contributed by atoms with Crippen molar-refractivity contribution in [2.24, 2.45) is 5.73 Å². The summed E-state index contributed by atoms with van der Waals surface area (Å²) >= 11 is 0. The van der Waals surface area contributed by atoms with Gasteiger partial charge in [0.2, 0.25) is 17.7 Å². The molecule has 1 atom stereocenters. The minimum Gasteiger partial charge on any atom is -0.496 e. The highest BCUT2D eigenvalue weighted by molar-refractivity contribution is 6.02. The van der Waals surface area contributed by atoms with Gasteiger partial charge in [0, 0.05) is 43.9 Å². The number of amides is 3. The number of benzene rings is 3. The number of hydrogen-bond donors (Lipinski definition) is 1. The van der Waals surface area contributed by atoms with Crippen molar-refractivity contribution in [3.05, 3.63) is 93.8 Å². The van der Waals surface area contributed by atoms with Gasteiger partial charge in [0.25, 0.3) is 0 Å². The molecule has 2 aliphatic rings. The summed E-state index contributed by atoms with van der Waals surface area (Å²) in [6.45, 7) is 2.52. The molecule has 0 aromatic heterocycles. The maximum Gasteiger partial charge on any atom is 0.247 e. The number of nitrogens with two attached hydrogens (primary N) is 1. The van der Waals surface area contributed by atoms with Gasteiger partial charge in [-0.25, -0.2) is 13.2 Å². The van der Waals surface area contributed by atoms with E-state index in [2.05, 4.69) is 0 Å². The third kappa shape index (κ3) is 6.51. The average Bonchev–Trinajstić information content (AvgIpc) is 3.11. The molecule has 226 valence electrons. The first-order valence-electron chi connectivity index (χ1n) is 14.0. The molecule has 2 heterocycles. The summed E-state index contributed by atoms with van der Waals surface area (Å²) in [4.78, 5) is 44.7. The van der Waals surface area contributed by atoms with Gasteiger partial charge in [-0.3, -0.25) is 14.4 Å². The van der Waals surface area contributed by atoms with Gasteiger partial charge < -0.3 is 25.2 Å². The lowest BCUT2D eigenvalue weighted by Crippen LogP contribution is -2.47. The van der Waals surface area contributed by atoms with Crippen LogP contribution in [-0.4, -0.2) is 60.3 Å². The number of anilines is 1. The standard InChI is InChI=1S/C32H33F3N4O4/c1-19-9-23-16-37(8-7-20(23)12-29(19)43-2)31(41)18-39-28-6-4-3-5-21(28)15-38(17-32(39)42)30(40)13-24(36)10-22-11-26(34)27(35)14-25(22)33/h3-6,9,11-12,14,24H,7-8,10,13,15-18,36H2,1-2H3/t24-/m1/s1. The fraction of sp³-hybridized carbons (Fsp3) is 0.344. The summed E-state index contributed by atoms with van der Waals surface area (Å²) in [5.41, 5.74) is 10.3. The number of para-hydroxylation sites is 1. The molecular formula is C32H33F3N4O4. The fourth-order valence-electron chi connectivity index (χ4n) is 5.71. The average molecular weight is 595 g/mol. The number of carbonyl (C=O) groups is 3. The molecule has 2 N–H and O–H groups in total. The summed E-state index contributed by atoms with van der Waals surface area (Å²) in [6.07, 6.45) is 0.225. The van der Waals surface area contributed by atoms with E-state index in [0.717, 1.165) is 28.5 Å². The molecule has 3 amide bonds. The molecule has 8 nitrogen and oxygen atoms in total. The molecule has 0 saturated heterocycles. The number of fused-ring (bicyclic) bond motifs is 2. The van der Waals surface area contributed by atoms with Crippen LogP contribution in [0.2, 0.25) is 0 Å². The minimum atomic E-state index is -1.31. The van der Waals surface area contributed by atoms with Crippen LogP contribution in [0.25, 0.3) is 0 Å². The Morgan fingerprint density at radius 3 is 2.40 bits per heavy atom. The lowest BCUT2D eigenvalue weighted by molar-refractivity contribution is -0.136. The van der Waals surface area contributed by atoms with Gasteiger partial charge in [0.05, 0.1) is 7.11 Å². The lowest BCUT2D eigenvalue weighted by Gasteiger charge is -2.32. The third-order valence-electron chi connectivity index (χ3n) is 8.01. The second-order valence-electron chi connectivity index (χ2n) is 11.0. The highest BCUT2D eigenvalue weighted by Gasteiger charge is 2.32.